The first-order valence-electron chi connectivity index (χ1n) is 7.40. The first-order chi connectivity index (χ1) is 11.9. The van der Waals surface area contributed by atoms with Crippen molar-refractivity contribution in [2.24, 2.45) is 0 Å². The van der Waals surface area contributed by atoms with E-state index in [0.29, 0.717) is 29.2 Å². The standard InChI is InChI=1S/C16H18N2O7/c19-5-9-3-8-1-2-10(4-11(8)18-16(9)25)17-12(6-20)14(23)15(24)13(22)7-21/h1-6,12-15,17,21-24H,7H2,(H,18,25)/t12-,13+,14+,15+/m0/s1. The zero-order valence-electron chi connectivity index (χ0n) is 13.0. The molecule has 2 aromatic rings. The van der Waals surface area contributed by atoms with Crippen LogP contribution < -0.4 is 10.9 Å². The van der Waals surface area contributed by atoms with E-state index in [1.54, 1.807) is 12.1 Å². The van der Waals surface area contributed by atoms with Crippen molar-refractivity contribution >= 4 is 29.2 Å². The molecule has 134 valence electrons. The normalized spacial score (nSPS) is 16.0. The van der Waals surface area contributed by atoms with Crippen LogP contribution in [-0.2, 0) is 4.79 Å². The summed E-state index contributed by atoms with van der Waals surface area (Å²) in [6, 6.07) is 4.78. The number of aromatic amines is 1. The van der Waals surface area contributed by atoms with Crippen LogP contribution in [0, 0.1) is 0 Å². The highest BCUT2D eigenvalue weighted by Crippen LogP contribution is 2.18. The summed E-state index contributed by atoms with van der Waals surface area (Å²) in [6.45, 7) is -0.778. The SMILES string of the molecule is O=Cc1cc2ccc(N[C@@H](C=O)[C@@H](O)[C@H](O)[C@H](O)CO)cc2[nH]c1=O. The lowest BCUT2D eigenvalue weighted by Gasteiger charge is -2.26. The number of carbonyl (C=O) groups is 2. The van der Waals surface area contributed by atoms with Gasteiger partial charge < -0.3 is 35.5 Å². The number of aliphatic hydroxyl groups is 4. The summed E-state index contributed by atoms with van der Waals surface area (Å²) in [7, 11) is 0. The number of rotatable bonds is 8. The summed E-state index contributed by atoms with van der Waals surface area (Å²) < 4.78 is 0. The second kappa shape index (κ2) is 7.99. The molecule has 0 unspecified atom stereocenters. The van der Waals surface area contributed by atoms with E-state index in [1.165, 1.54) is 12.1 Å². The molecule has 25 heavy (non-hydrogen) atoms. The second-order valence-electron chi connectivity index (χ2n) is 5.51. The number of hydrogen-bond acceptors (Lipinski definition) is 8. The molecule has 0 spiro atoms. The lowest BCUT2D eigenvalue weighted by molar-refractivity contribution is -0.117. The average Bonchev–Trinajstić information content (AvgIpc) is 2.63. The lowest BCUT2D eigenvalue weighted by atomic mass is 10.0. The van der Waals surface area contributed by atoms with Crippen LogP contribution in [-0.4, -0.2) is 68.9 Å². The monoisotopic (exact) mass is 350 g/mol. The highest BCUT2D eigenvalue weighted by molar-refractivity contribution is 5.87. The van der Waals surface area contributed by atoms with Crippen LogP contribution in [0.25, 0.3) is 10.9 Å². The number of pyridine rings is 1. The van der Waals surface area contributed by atoms with Gasteiger partial charge in [0, 0.05) is 5.69 Å². The highest BCUT2D eigenvalue weighted by atomic mass is 16.4. The predicted octanol–water partition coefficient (Wildman–Crippen LogP) is -1.60. The van der Waals surface area contributed by atoms with Gasteiger partial charge in [-0.15, -0.1) is 0 Å². The summed E-state index contributed by atoms with van der Waals surface area (Å²) in [5.74, 6) is 0. The number of anilines is 1. The number of carbonyl (C=O) groups excluding carboxylic acids is 2. The fourth-order valence-corrected chi connectivity index (χ4v) is 2.34. The summed E-state index contributed by atoms with van der Waals surface area (Å²) in [5, 5.41) is 41.1. The number of aliphatic hydroxyl groups excluding tert-OH is 4. The van der Waals surface area contributed by atoms with E-state index in [-0.39, 0.29) is 5.56 Å². The molecule has 0 aliphatic heterocycles. The number of nitrogens with one attached hydrogen (secondary N) is 2. The van der Waals surface area contributed by atoms with Gasteiger partial charge in [-0.25, -0.2) is 0 Å². The number of H-pyrrole nitrogens is 1. The van der Waals surface area contributed by atoms with E-state index >= 15 is 0 Å². The molecular weight excluding hydrogens is 332 g/mol. The summed E-state index contributed by atoms with van der Waals surface area (Å²) in [5.41, 5.74) is 0.170. The van der Waals surface area contributed by atoms with Crippen LogP contribution in [0.15, 0.2) is 29.1 Å². The predicted molar refractivity (Wildman–Crippen MR) is 88.5 cm³/mol. The van der Waals surface area contributed by atoms with Crippen LogP contribution in [0.5, 0.6) is 0 Å². The van der Waals surface area contributed by atoms with Gasteiger partial charge in [-0.1, -0.05) is 6.07 Å². The van der Waals surface area contributed by atoms with Gasteiger partial charge >= 0.3 is 0 Å². The van der Waals surface area contributed by atoms with Crippen LogP contribution in [0.4, 0.5) is 5.69 Å². The summed E-state index contributed by atoms with van der Waals surface area (Å²) in [4.78, 5) is 36.2. The number of fused-ring (bicyclic) bond motifs is 1. The van der Waals surface area contributed by atoms with E-state index in [9.17, 15) is 29.7 Å². The molecule has 2 rings (SSSR count). The van der Waals surface area contributed by atoms with Gasteiger partial charge in [0.15, 0.2) is 6.29 Å². The third-order valence-electron chi connectivity index (χ3n) is 3.78. The quantitative estimate of drug-likeness (QED) is 0.310. The Morgan fingerprint density at radius 3 is 2.44 bits per heavy atom. The summed E-state index contributed by atoms with van der Waals surface area (Å²) in [6.07, 6.45) is -4.22. The molecule has 0 radical (unpaired) electrons. The van der Waals surface area contributed by atoms with E-state index in [0.717, 1.165) is 0 Å². The van der Waals surface area contributed by atoms with Gasteiger partial charge in [-0.2, -0.15) is 0 Å². The van der Waals surface area contributed by atoms with Crippen molar-refractivity contribution in [3.05, 3.63) is 40.2 Å². The van der Waals surface area contributed by atoms with Crippen LogP contribution >= 0.6 is 0 Å². The molecule has 0 amide bonds. The fourth-order valence-electron chi connectivity index (χ4n) is 2.34. The summed E-state index contributed by atoms with van der Waals surface area (Å²) >= 11 is 0. The van der Waals surface area contributed by atoms with Crippen LogP contribution in [0.1, 0.15) is 10.4 Å². The lowest BCUT2D eigenvalue weighted by Crippen LogP contribution is -2.49. The fraction of sp³-hybridized carbons (Fsp3) is 0.312. The minimum absolute atomic E-state index is 0.0180. The maximum absolute atomic E-state index is 11.7. The first kappa shape index (κ1) is 18.7. The third-order valence-corrected chi connectivity index (χ3v) is 3.78. The molecule has 1 aromatic heterocycles. The number of benzene rings is 1. The molecule has 9 heteroatoms. The van der Waals surface area contributed by atoms with Crippen molar-refractivity contribution in [1.29, 1.82) is 0 Å². The molecule has 4 atom stereocenters. The molecule has 0 fully saturated rings. The molecule has 0 aliphatic rings. The molecule has 0 aliphatic carbocycles. The van der Waals surface area contributed by atoms with Gasteiger partial charge in [0.25, 0.3) is 5.56 Å². The van der Waals surface area contributed by atoms with Crippen molar-refractivity contribution in [3.63, 3.8) is 0 Å². The Hall–Kier alpha value is -2.59. The van der Waals surface area contributed by atoms with Crippen molar-refractivity contribution in [2.75, 3.05) is 11.9 Å². The van der Waals surface area contributed by atoms with Crippen molar-refractivity contribution < 1.29 is 30.0 Å². The minimum Gasteiger partial charge on any atom is -0.394 e. The van der Waals surface area contributed by atoms with Crippen molar-refractivity contribution in [2.45, 2.75) is 24.4 Å². The van der Waals surface area contributed by atoms with Gasteiger partial charge in [-0.3, -0.25) is 9.59 Å². The Morgan fingerprint density at radius 2 is 1.84 bits per heavy atom. The largest absolute Gasteiger partial charge is 0.394 e. The topological polar surface area (TPSA) is 160 Å². The maximum atomic E-state index is 11.7. The third kappa shape index (κ3) is 4.09. The maximum Gasteiger partial charge on any atom is 0.259 e. The van der Waals surface area contributed by atoms with Gasteiger partial charge in [-0.05, 0) is 23.6 Å². The molecule has 0 saturated heterocycles. The molecule has 1 aromatic carbocycles. The van der Waals surface area contributed by atoms with E-state index in [2.05, 4.69) is 10.3 Å². The Balaban J connectivity index is 2.27. The molecule has 6 N–H and O–H groups in total. The Labute approximate surface area is 141 Å². The van der Waals surface area contributed by atoms with Crippen molar-refractivity contribution in [3.8, 4) is 0 Å². The number of aldehydes is 2. The van der Waals surface area contributed by atoms with Gasteiger partial charge in [0.2, 0.25) is 0 Å². The second-order valence-corrected chi connectivity index (χ2v) is 5.51. The molecule has 0 saturated carbocycles. The Kier molecular flexibility index (Phi) is 5.99. The highest BCUT2D eigenvalue weighted by Gasteiger charge is 2.31. The average molecular weight is 350 g/mol. The number of hydrogen-bond donors (Lipinski definition) is 6. The van der Waals surface area contributed by atoms with E-state index in [4.69, 9.17) is 5.11 Å². The molecule has 9 nitrogen and oxygen atoms in total. The van der Waals surface area contributed by atoms with Crippen LogP contribution in [0.2, 0.25) is 0 Å². The Morgan fingerprint density at radius 1 is 1.12 bits per heavy atom. The first-order valence-corrected chi connectivity index (χ1v) is 7.40. The molecule has 0 bridgehead atoms. The van der Waals surface area contributed by atoms with Gasteiger partial charge in [0.05, 0.1) is 17.7 Å². The van der Waals surface area contributed by atoms with E-state index < -0.39 is 36.5 Å². The molecular formula is C16H18N2O7. The smallest absolute Gasteiger partial charge is 0.259 e. The zero-order valence-corrected chi connectivity index (χ0v) is 13.0. The van der Waals surface area contributed by atoms with Crippen molar-refractivity contribution in [1.82, 2.24) is 4.98 Å². The van der Waals surface area contributed by atoms with Gasteiger partial charge in [0.1, 0.15) is 30.6 Å². The number of aromatic nitrogens is 1. The Bertz CT molecular complexity index is 820. The van der Waals surface area contributed by atoms with E-state index in [1.807, 2.05) is 0 Å². The zero-order chi connectivity index (χ0) is 18.6. The molecule has 1 heterocycles. The van der Waals surface area contributed by atoms with Crippen LogP contribution in [0.3, 0.4) is 0 Å². The minimum atomic E-state index is -1.73.